The lowest BCUT2D eigenvalue weighted by Gasteiger charge is -2.19. The van der Waals surface area contributed by atoms with Crippen molar-refractivity contribution in [3.8, 4) is 0 Å². The normalized spacial score (nSPS) is 16.2. The minimum atomic E-state index is -0.165. The van der Waals surface area contributed by atoms with Gasteiger partial charge >= 0.3 is 0 Å². The van der Waals surface area contributed by atoms with E-state index in [1.807, 2.05) is 6.92 Å². The van der Waals surface area contributed by atoms with Crippen LogP contribution in [0.15, 0.2) is 25.3 Å². The van der Waals surface area contributed by atoms with Gasteiger partial charge in [0.15, 0.2) is 0 Å². The zero-order valence-electron chi connectivity index (χ0n) is 5.93. The van der Waals surface area contributed by atoms with Crippen molar-refractivity contribution in [3.05, 3.63) is 25.3 Å². The Balaban J connectivity index is 3.90. The summed E-state index contributed by atoms with van der Waals surface area (Å²) in [6.45, 7) is 9.28. The van der Waals surface area contributed by atoms with Crippen LogP contribution < -0.4 is 0 Å². The predicted molar refractivity (Wildman–Crippen MR) is 40.2 cm³/mol. The van der Waals surface area contributed by atoms with Gasteiger partial charge in [0, 0.05) is 5.41 Å². The van der Waals surface area contributed by atoms with Gasteiger partial charge in [0.1, 0.15) is 0 Å². The Bertz CT molecular complexity index is 107. The molecule has 0 aliphatic heterocycles. The Morgan fingerprint density at radius 1 is 1.56 bits per heavy atom. The number of allylic oxidation sites excluding steroid dienone is 1. The van der Waals surface area contributed by atoms with Gasteiger partial charge in [-0.3, -0.25) is 0 Å². The minimum absolute atomic E-state index is 0.141. The summed E-state index contributed by atoms with van der Waals surface area (Å²) in [4.78, 5) is 0. The number of rotatable bonds is 4. The highest BCUT2D eigenvalue weighted by atomic mass is 16.3. The van der Waals surface area contributed by atoms with Crippen LogP contribution in [0.5, 0.6) is 0 Å². The summed E-state index contributed by atoms with van der Waals surface area (Å²) in [7, 11) is 0. The molecule has 1 nitrogen and oxygen atoms in total. The van der Waals surface area contributed by atoms with Crippen molar-refractivity contribution in [2.24, 2.45) is 5.41 Å². The second kappa shape index (κ2) is 3.46. The van der Waals surface area contributed by atoms with Crippen LogP contribution in [-0.4, -0.2) is 11.7 Å². The monoisotopic (exact) mass is 126 g/mol. The molecule has 0 saturated carbocycles. The molecule has 1 atom stereocenters. The molecule has 0 spiro atoms. The number of aliphatic hydroxyl groups is 1. The van der Waals surface area contributed by atoms with E-state index in [9.17, 15) is 0 Å². The standard InChI is InChI=1S/C8H14O/c1-4-6-8(3,5-2)7-9/h4-5,9H,1-2,6-7H2,3H3. The van der Waals surface area contributed by atoms with E-state index in [0.29, 0.717) is 0 Å². The first-order valence-corrected chi connectivity index (χ1v) is 3.04. The highest BCUT2D eigenvalue weighted by Gasteiger charge is 2.15. The smallest absolute Gasteiger partial charge is 0.0522 e. The number of aliphatic hydroxyl groups excluding tert-OH is 1. The van der Waals surface area contributed by atoms with Crippen molar-refractivity contribution < 1.29 is 5.11 Å². The van der Waals surface area contributed by atoms with Gasteiger partial charge in [0.05, 0.1) is 6.61 Å². The predicted octanol–water partition coefficient (Wildman–Crippen LogP) is 1.75. The second-order valence-corrected chi connectivity index (χ2v) is 2.51. The molecule has 1 unspecified atom stereocenters. The SMILES string of the molecule is C=CCC(C)(C=C)CO. The molecule has 0 aromatic rings. The lowest BCUT2D eigenvalue weighted by molar-refractivity contribution is 0.187. The van der Waals surface area contributed by atoms with E-state index >= 15 is 0 Å². The first-order valence-electron chi connectivity index (χ1n) is 3.04. The first kappa shape index (κ1) is 8.44. The topological polar surface area (TPSA) is 20.2 Å². The number of hydrogen-bond donors (Lipinski definition) is 1. The van der Waals surface area contributed by atoms with E-state index < -0.39 is 0 Å². The van der Waals surface area contributed by atoms with E-state index in [-0.39, 0.29) is 12.0 Å². The Morgan fingerprint density at radius 3 is 2.22 bits per heavy atom. The molecule has 0 bridgehead atoms. The average molecular weight is 126 g/mol. The van der Waals surface area contributed by atoms with E-state index in [1.54, 1.807) is 12.2 Å². The molecule has 0 rings (SSSR count). The first-order chi connectivity index (χ1) is 4.18. The van der Waals surface area contributed by atoms with E-state index in [2.05, 4.69) is 13.2 Å². The Morgan fingerprint density at radius 2 is 2.11 bits per heavy atom. The van der Waals surface area contributed by atoms with Crippen LogP contribution in [0.25, 0.3) is 0 Å². The zero-order chi connectivity index (χ0) is 7.33. The quantitative estimate of drug-likeness (QED) is 0.569. The van der Waals surface area contributed by atoms with Crippen molar-refractivity contribution >= 4 is 0 Å². The zero-order valence-corrected chi connectivity index (χ0v) is 5.93. The van der Waals surface area contributed by atoms with Gasteiger partial charge in [-0.05, 0) is 6.42 Å². The molecule has 0 aromatic carbocycles. The Kier molecular flexibility index (Phi) is 3.25. The largest absolute Gasteiger partial charge is 0.395 e. The van der Waals surface area contributed by atoms with Gasteiger partial charge in [-0.25, -0.2) is 0 Å². The lowest BCUT2D eigenvalue weighted by Crippen LogP contribution is -2.16. The fourth-order valence-electron chi connectivity index (χ4n) is 0.542. The molecule has 0 fully saturated rings. The van der Waals surface area contributed by atoms with Gasteiger partial charge in [0.25, 0.3) is 0 Å². The molecule has 0 aliphatic rings. The van der Waals surface area contributed by atoms with Crippen LogP contribution in [0.3, 0.4) is 0 Å². The maximum absolute atomic E-state index is 8.80. The molecule has 1 heteroatoms. The third kappa shape index (κ3) is 2.47. The molecule has 0 aliphatic carbocycles. The van der Waals surface area contributed by atoms with Crippen molar-refractivity contribution in [2.75, 3.05) is 6.61 Å². The molecular formula is C8H14O. The molecule has 0 heterocycles. The van der Waals surface area contributed by atoms with Crippen LogP contribution in [0, 0.1) is 5.41 Å². The van der Waals surface area contributed by atoms with Gasteiger partial charge in [-0.1, -0.05) is 19.1 Å². The molecule has 0 radical (unpaired) electrons. The van der Waals surface area contributed by atoms with Crippen molar-refractivity contribution in [2.45, 2.75) is 13.3 Å². The molecule has 1 N–H and O–H groups in total. The molecule has 52 valence electrons. The second-order valence-electron chi connectivity index (χ2n) is 2.51. The lowest BCUT2D eigenvalue weighted by atomic mass is 9.88. The van der Waals surface area contributed by atoms with Crippen molar-refractivity contribution in [3.63, 3.8) is 0 Å². The summed E-state index contributed by atoms with van der Waals surface area (Å²) in [5, 5.41) is 8.80. The summed E-state index contributed by atoms with van der Waals surface area (Å²) in [5.41, 5.74) is -0.165. The van der Waals surface area contributed by atoms with Gasteiger partial charge in [-0.2, -0.15) is 0 Å². The summed E-state index contributed by atoms with van der Waals surface area (Å²) in [5.74, 6) is 0. The molecular weight excluding hydrogens is 112 g/mol. The third-order valence-electron chi connectivity index (χ3n) is 1.46. The molecule has 9 heavy (non-hydrogen) atoms. The summed E-state index contributed by atoms with van der Waals surface area (Å²) >= 11 is 0. The van der Waals surface area contributed by atoms with Crippen molar-refractivity contribution in [1.82, 2.24) is 0 Å². The average Bonchev–Trinajstić information content (AvgIpc) is 1.89. The molecule has 0 saturated heterocycles. The van der Waals surface area contributed by atoms with Crippen LogP contribution in [0.1, 0.15) is 13.3 Å². The van der Waals surface area contributed by atoms with Gasteiger partial charge in [-0.15, -0.1) is 13.2 Å². The van der Waals surface area contributed by atoms with Crippen LogP contribution >= 0.6 is 0 Å². The minimum Gasteiger partial charge on any atom is -0.395 e. The summed E-state index contributed by atoms with van der Waals surface area (Å²) in [6.07, 6.45) is 4.33. The fourth-order valence-corrected chi connectivity index (χ4v) is 0.542. The van der Waals surface area contributed by atoms with Crippen LogP contribution in [0.4, 0.5) is 0 Å². The molecule has 0 amide bonds. The maximum Gasteiger partial charge on any atom is 0.0522 e. The van der Waals surface area contributed by atoms with Crippen LogP contribution in [0.2, 0.25) is 0 Å². The van der Waals surface area contributed by atoms with E-state index in [4.69, 9.17) is 5.11 Å². The van der Waals surface area contributed by atoms with Gasteiger partial charge < -0.3 is 5.11 Å². The number of hydrogen-bond acceptors (Lipinski definition) is 1. The maximum atomic E-state index is 8.80. The molecule has 0 aromatic heterocycles. The summed E-state index contributed by atoms with van der Waals surface area (Å²) in [6, 6.07) is 0. The van der Waals surface area contributed by atoms with E-state index in [0.717, 1.165) is 6.42 Å². The Labute approximate surface area is 56.7 Å². The van der Waals surface area contributed by atoms with E-state index in [1.165, 1.54) is 0 Å². The third-order valence-corrected chi connectivity index (χ3v) is 1.46. The summed E-state index contributed by atoms with van der Waals surface area (Å²) < 4.78 is 0. The highest BCUT2D eigenvalue weighted by molar-refractivity contribution is 4.95. The Hall–Kier alpha value is -0.560. The van der Waals surface area contributed by atoms with Crippen LogP contribution in [-0.2, 0) is 0 Å². The fraction of sp³-hybridized carbons (Fsp3) is 0.500. The van der Waals surface area contributed by atoms with Gasteiger partial charge in [0.2, 0.25) is 0 Å². The van der Waals surface area contributed by atoms with Crippen molar-refractivity contribution in [1.29, 1.82) is 0 Å². The highest BCUT2D eigenvalue weighted by Crippen LogP contribution is 2.21.